The summed E-state index contributed by atoms with van der Waals surface area (Å²) in [5, 5.41) is 27.5. The van der Waals surface area contributed by atoms with E-state index in [0.717, 1.165) is 31.2 Å². The third-order valence-electron chi connectivity index (χ3n) is 19.4. The summed E-state index contributed by atoms with van der Waals surface area (Å²) in [5.74, 6) is 4.07. The van der Waals surface area contributed by atoms with Crippen molar-refractivity contribution < 1.29 is 52.8 Å². The van der Waals surface area contributed by atoms with E-state index in [0.29, 0.717) is 92.6 Å². The molecule has 0 saturated heterocycles. The van der Waals surface area contributed by atoms with Gasteiger partial charge in [-0.05, 0) is 141 Å². The summed E-state index contributed by atoms with van der Waals surface area (Å²) < 4.78 is 95.3. The van der Waals surface area contributed by atoms with E-state index in [1.54, 1.807) is 140 Å². The lowest BCUT2D eigenvalue weighted by molar-refractivity contribution is -0.121. The number of anilines is 16. The van der Waals surface area contributed by atoms with E-state index in [1.807, 2.05) is 86.9 Å². The molecule has 111 heavy (non-hydrogen) atoms. The number of likely N-dealkylation sites (N-methyl/N-ethyl adjacent to an activating group) is 8. The van der Waals surface area contributed by atoms with Crippen LogP contribution in [0.25, 0.3) is 0 Å². The van der Waals surface area contributed by atoms with Crippen molar-refractivity contribution in [1.29, 1.82) is 0 Å². The smallest absolute Gasteiger partial charge is 0.254 e. The lowest BCUT2D eigenvalue weighted by atomic mass is 9.99. The van der Waals surface area contributed by atoms with Gasteiger partial charge >= 0.3 is 0 Å². The summed E-state index contributed by atoms with van der Waals surface area (Å²) in [6.45, 7) is 5.79. The number of nitrogens with zero attached hydrogens (tertiary/aromatic N) is 16. The molecule has 4 amide bonds. The average Bonchev–Trinajstić information content (AvgIpc) is 1.57. The molecule has 4 aromatic heterocycles. The van der Waals surface area contributed by atoms with Crippen LogP contribution in [0.1, 0.15) is 58.1 Å². The number of aromatic nitrogens is 8. The van der Waals surface area contributed by atoms with Crippen LogP contribution < -0.4 is 80.6 Å². The van der Waals surface area contributed by atoms with Crippen molar-refractivity contribution in [3.8, 4) is 0 Å². The molecule has 1 spiro atoms. The molecule has 8 heterocycles. The number of carbonyl (C=O) groups excluding carboxylic acids is 4. The summed E-state index contributed by atoms with van der Waals surface area (Å²) in [5.41, 5.74) is 5.45. The van der Waals surface area contributed by atoms with E-state index < -0.39 is 51.7 Å². The summed E-state index contributed by atoms with van der Waals surface area (Å²) in [7, 11) is -0.512. The minimum atomic E-state index is -3.74. The Balaban J connectivity index is 0.000000138. The predicted molar refractivity (Wildman–Crippen MR) is 421 cm³/mol. The SMILES string of the molecule is CC(C)C1C(=O)N(C)c2cnc(Nc3ccc(S(N)(=O)=O)cc3)nc2N1C.CC1C(=O)N(C)c2cnc(Nc3ccc(S(N)(=O)=O)cc3)nc2N1C.CN1C(=O)C(c2ccccc2)N(C)c2nc(Nc3ccc(S(=O)(=O)NC4CC4)cc3)ncc21.CN1C(=O)C2(CC2)N(C)c2nc(Nc3ccc(S(N)(=O)=O)cc3)ncc21. The van der Waals surface area contributed by atoms with E-state index in [9.17, 15) is 52.8 Å². The van der Waals surface area contributed by atoms with Crippen LogP contribution in [-0.2, 0) is 59.3 Å². The maximum Gasteiger partial charge on any atom is 0.254 e. The van der Waals surface area contributed by atoms with Crippen molar-refractivity contribution in [1.82, 2.24) is 44.6 Å². The van der Waals surface area contributed by atoms with Gasteiger partial charge in [-0.1, -0.05) is 44.2 Å². The first kappa shape index (κ1) is 78.9. The molecule has 0 bridgehead atoms. The standard InChI is InChI=1S/C23H24N6O3S.C17H22N6O3S.C16H18N6O3S.C15H18N6O3S/c1-28-19-14-24-23(25-16-10-12-18(13-11-16)33(31,32)27-17-8-9-17)26-21(19)29(2)20(22(28)30)15-6-4-3-5-7-15;1-10(2)14-16(24)22(3)13-9-19-17(21-15(13)23(14)4)20-11-5-7-12(8-6-11)27(18,25)26;1-21-12-9-18-15(19-10-3-5-11(6-4-10)26(17,24)25)20-13(12)22(2)16(7-8-16)14(21)23;1-9-14(22)21(3)12-8-17-15(19-13(12)20(9)2)18-10-4-6-11(7-5-10)25(16,23)24/h3-7,10-14,17,20,27H,8-9H2,1-2H3,(H,24,25,26);5-10,14H,1-4H3,(H2,18,25,26)(H,19,20,21);3-6,9H,7-8H2,1-2H3,(H2,17,24,25)(H,18,19,20);4-9H,1-3H3,(H2,16,23,24)(H,17,18,19). The molecule has 40 heteroatoms. The number of hydrogen-bond donors (Lipinski definition) is 8. The van der Waals surface area contributed by atoms with Crippen LogP contribution in [-0.4, -0.2) is 177 Å². The number of fused-ring (bicyclic) bond motifs is 4. The van der Waals surface area contributed by atoms with Crippen molar-refractivity contribution in [2.24, 2.45) is 21.3 Å². The number of sulfonamides is 4. The second kappa shape index (κ2) is 30.7. The molecule has 3 unspecified atom stereocenters. The number of primary sulfonamides is 3. The predicted octanol–water partition coefficient (Wildman–Crippen LogP) is 5.60. The maximum atomic E-state index is 13.0. The zero-order valence-corrected chi connectivity index (χ0v) is 65.3. The molecule has 0 radical (unpaired) electrons. The highest BCUT2D eigenvalue weighted by Crippen LogP contribution is 2.50. The van der Waals surface area contributed by atoms with Crippen LogP contribution in [0.5, 0.6) is 0 Å². The number of nitrogens with two attached hydrogens (primary N) is 3. The first-order valence-corrected chi connectivity index (χ1v) is 40.6. The van der Waals surface area contributed by atoms with Crippen molar-refractivity contribution in [2.45, 2.75) is 95.7 Å². The van der Waals surface area contributed by atoms with Crippen molar-refractivity contribution in [2.75, 3.05) is 117 Å². The molecule has 2 fully saturated rings. The summed E-state index contributed by atoms with van der Waals surface area (Å²) >= 11 is 0. The second-order valence-corrected chi connectivity index (χ2v) is 33.8. The average molecular weight is 1590 g/mol. The van der Waals surface area contributed by atoms with E-state index >= 15 is 0 Å². The Morgan fingerprint density at radius 2 is 0.766 bits per heavy atom. The molecule has 3 atom stereocenters. The van der Waals surface area contributed by atoms with Crippen LogP contribution in [0.2, 0.25) is 0 Å². The summed E-state index contributed by atoms with van der Waals surface area (Å²) in [6, 6.07) is 32.9. The zero-order valence-electron chi connectivity index (χ0n) is 62.1. The van der Waals surface area contributed by atoms with Crippen molar-refractivity contribution in [3.05, 3.63) is 158 Å². The Labute approximate surface area is 641 Å². The maximum absolute atomic E-state index is 13.0. The summed E-state index contributed by atoms with van der Waals surface area (Å²) in [4.78, 5) is 99.6. The molecular formula is C71H82N24O12S4. The molecule has 5 aromatic carbocycles. The minimum Gasteiger partial charge on any atom is -0.346 e. The van der Waals surface area contributed by atoms with Crippen LogP contribution in [0.3, 0.4) is 0 Å². The quantitative estimate of drug-likeness (QED) is 0.0583. The zero-order chi connectivity index (χ0) is 80.1. The Morgan fingerprint density at radius 3 is 1.14 bits per heavy atom. The molecule has 2 aliphatic carbocycles. The second-order valence-electron chi connectivity index (χ2n) is 27.4. The van der Waals surface area contributed by atoms with E-state index in [2.05, 4.69) is 65.9 Å². The van der Waals surface area contributed by atoms with Gasteiger partial charge in [0.15, 0.2) is 23.3 Å². The van der Waals surface area contributed by atoms with Crippen molar-refractivity contribution in [3.63, 3.8) is 0 Å². The number of carbonyl (C=O) groups is 4. The van der Waals surface area contributed by atoms with E-state index in [1.165, 1.54) is 41.3 Å². The highest BCUT2D eigenvalue weighted by atomic mass is 32.2. The van der Waals surface area contributed by atoms with Gasteiger partial charge in [0.2, 0.25) is 75.7 Å². The molecule has 2 saturated carbocycles. The lowest BCUT2D eigenvalue weighted by Gasteiger charge is -2.40. The monoisotopic (exact) mass is 1590 g/mol. The highest BCUT2D eigenvalue weighted by molar-refractivity contribution is 7.90. The first-order chi connectivity index (χ1) is 52.3. The number of hydrogen-bond acceptors (Lipinski definition) is 28. The van der Waals surface area contributed by atoms with Crippen molar-refractivity contribution >= 4 is 156 Å². The van der Waals surface area contributed by atoms with Crippen LogP contribution in [0.4, 0.5) is 92.6 Å². The molecule has 15 rings (SSSR count). The van der Waals surface area contributed by atoms with Gasteiger partial charge < -0.3 is 60.5 Å². The topological polar surface area (TPSA) is 472 Å². The van der Waals surface area contributed by atoms with Gasteiger partial charge in [0.05, 0.1) is 44.4 Å². The van der Waals surface area contributed by atoms with Crippen LogP contribution >= 0.6 is 0 Å². The highest BCUT2D eigenvalue weighted by Gasteiger charge is 2.58. The van der Waals surface area contributed by atoms with Gasteiger partial charge in [-0.25, -0.2) is 73.7 Å². The molecule has 6 aliphatic rings. The van der Waals surface area contributed by atoms with Crippen LogP contribution in [0, 0.1) is 5.92 Å². The third kappa shape index (κ3) is 16.8. The number of rotatable bonds is 16. The molecule has 582 valence electrons. The molecule has 11 N–H and O–H groups in total. The fourth-order valence-corrected chi connectivity index (χ4v) is 15.6. The number of nitrogens with one attached hydrogen (secondary N) is 5. The summed E-state index contributed by atoms with van der Waals surface area (Å²) in [6.07, 6.45) is 9.77. The fraction of sp³-hybridized carbons (Fsp3) is 0.296. The van der Waals surface area contributed by atoms with E-state index in [-0.39, 0.29) is 67.3 Å². The molecular weight excluding hydrogens is 1510 g/mol. The van der Waals surface area contributed by atoms with Gasteiger partial charge in [0.25, 0.3) is 11.8 Å². The van der Waals surface area contributed by atoms with Crippen LogP contribution in [0.15, 0.2) is 172 Å². The van der Waals surface area contributed by atoms with E-state index in [4.69, 9.17) is 15.4 Å². The number of benzene rings is 5. The van der Waals surface area contributed by atoms with Gasteiger partial charge in [0.1, 0.15) is 46.4 Å². The largest absolute Gasteiger partial charge is 0.346 e. The third-order valence-corrected chi connectivity index (χ3v) is 23.8. The number of amides is 4. The normalized spacial score (nSPS) is 17.8. The molecule has 9 aromatic rings. The fourth-order valence-electron chi connectivity index (χ4n) is 12.7. The van der Waals surface area contributed by atoms with Gasteiger partial charge in [0, 0.05) is 85.2 Å². The first-order valence-electron chi connectivity index (χ1n) is 34.5. The lowest BCUT2D eigenvalue weighted by Crippen LogP contribution is -2.53. The Kier molecular flexibility index (Phi) is 21.8. The minimum absolute atomic E-state index is 0.00268. The molecule has 4 aliphatic heterocycles. The Bertz CT molecular complexity index is 5560. The Hall–Kier alpha value is -11.7. The van der Waals surface area contributed by atoms with Gasteiger partial charge in [-0.2, -0.15) is 19.9 Å². The van der Waals surface area contributed by atoms with Gasteiger partial charge in [-0.3, -0.25) is 19.2 Å². The molecule has 36 nitrogen and oxygen atoms in total. The Morgan fingerprint density at radius 1 is 0.423 bits per heavy atom. The van der Waals surface area contributed by atoms with Gasteiger partial charge in [-0.15, -0.1) is 0 Å².